The van der Waals surface area contributed by atoms with Crippen molar-refractivity contribution in [2.75, 3.05) is 13.2 Å². The van der Waals surface area contributed by atoms with Gasteiger partial charge in [-0.2, -0.15) is 0 Å². The van der Waals surface area contributed by atoms with Crippen LogP contribution in [0.5, 0.6) is 0 Å². The van der Waals surface area contributed by atoms with Gasteiger partial charge >= 0.3 is 12.0 Å². The molecular weight excluding hydrogens is 232 g/mol. The van der Waals surface area contributed by atoms with Gasteiger partial charge in [-0.15, -0.1) is 0 Å². The minimum absolute atomic E-state index is 0.202. The molecule has 5 nitrogen and oxygen atoms in total. The van der Waals surface area contributed by atoms with Crippen LogP contribution in [-0.4, -0.2) is 25.2 Å². The van der Waals surface area contributed by atoms with Crippen molar-refractivity contribution in [3.8, 4) is 0 Å². The Balaban J connectivity index is 2.04. The molecule has 0 atom stereocenters. The van der Waals surface area contributed by atoms with E-state index >= 15 is 0 Å². The van der Waals surface area contributed by atoms with Gasteiger partial charge in [-0.25, -0.2) is 4.79 Å². The summed E-state index contributed by atoms with van der Waals surface area (Å²) in [5.41, 5.74) is 0. The largest absolute Gasteiger partial charge is 0.466 e. The molecule has 1 fully saturated rings. The summed E-state index contributed by atoms with van der Waals surface area (Å²) in [7, 11) is 0. The van der Waals surface area contributed by atoms with E-state index < -0.39 is 0 Å². The summed E-state index contributed by atoms with van der Waals surface area (Å²) < 4.78 is 4.75. The topological polar surface area (TPSA) is 67.4 Å². The van der Waals surface area contributed by atoms with Crippen molar-refractivity contribution in [1.29, 1.82) is 0 Å². The van der Waals surface area contributed by atoms with Gasteiger partial charge in [0.2, 0.25) is 0 Å². The number of urea groups is 1. The van der Waals surface area contributed by atoms with E-state index in [9.17, 15) is 9.59 Å². The summed E-state index contributed by atoms with van der Waals surface area (Å²) in [4.78, 5) is 22.3. The van der Waals surface area contributed by atoms with Crippen molar-refractivity contribution in [2.45, 2.75) is 39.0 Å². The number of ether oxygens (including phenoxy) is 1. The second-order valence-corrected chi connectivity index (χ2v) is 4.36. The normalized spacial score (nSPS) is 15.8. The van der Waals surface area contributed by atoms with Gasteiger partial charge in [0.15, 0.2) is 0 Å². The molecule has 1 aliphatic carbocycles. The number of allylic oxidation sites excluding steroid dienone is 1. The zero-order valence-corrected chi connectivity index (χ0v) is 10.9. The van der Waals surface area contributed by atoms with Crippen LogP contribution < -0.4 is 10.6 Å². The highest BCUT2D eigenvalue weighted by atomic mass is 16.5. The standard InChI is InChI=1S/C13H22N2O3/c1-2-18-12(16)8-10-15-13(17)14-9-7-11-5-3-4-6-11/h7,9,11H,2-6,8,10H2,1H3,(H2,14,15,17)/b9-7+. The summed E-state index contributed by atoms with van der Waals surface area (Å²) >= 11 is 0. The molecule has 0 heterocycles. The molecule has 102 valence electrons. The lowest BCUT2D eigenvalue weighted by Crippen LogP contribution is -2.33. The molecule has 0 radical (unpaired) electrons. The first-order valence-corrected chi connectivity index (χ1v) is 6.59. The molecule has 0 aromatic rings. The molecule has 0 unspecified atom stereocenters. The number of nitrogens with one attached hydrogen (secondary N) is 2. The van der Waals surface area contributed by atoms with E-state index in [1.807, 2.05) is 6.08 Å². The van der Waals surface area contributed by atoms with E-state index in [0.29, 0.717) is 19.1 Å². The first-order valence-electron chi connectivity index (χ1n) is 6.59. The average molecular weight is 254 g/mol. The molecule has 0 bridgehead atoms. The lowest BCUT2D eigenvalue weighted by Gasteiger charge is -2.05. The molecule has 2 amide bonds. The number of hydrogen-bond acceptors (Lipinski definition) is 3. The van der Waals surface area contributed by atoms with Gasteiger partial charge in [0, 0.05) is 12.7 Å². The van der Waals surface area contributed by atoms with Crippen LogP contribution in [0.2, 0.25) is 0 Å². The Morgan fingerprint density at radius 3 is 2.72 bits per heavy atom. The fourth-order valence-electron chi connectivity index (χ4n) is 1.97. The van der Waals surface area contributed by atoms with Gasteiger partial charge < -0.3 is 15.4 Å². The van der Waals surface area contributed by atoms with Crippen LogP contribution in [0.25, 0.3) is 0 Å². The molecule has 0 aromatic carbocycles. The van der Waals surface area contributed by atoms with E-state index in [1.54, 1.807) is 13.1 Å². The quantitative estimate of drug-likeness (QED) is 0.712. The van der Waals surface area contributed by atoms with Crippen molar-refractivity contribution < 1.29 is 14.3 Å². The predicted molar refractivity (Wildman–Crippen MR) is 68.9 cm³/mol. The maximum atomic E-state index is 11.3. The summed E-state index contributed by atoms with van der Waals surface area (Å²) in [6, 6.07) is -0.284. The van der Waals surface area contributed by atoms with Crippen LogP contribution >= 0.6 is 0 Å². The Labute approximate surface area is 108 Å². The van der Waals surface area contributed by atoms with Crippen molar-refractivity contribution in [3.63, 3.8) is 0 Å². The van der Waals surface area contributed by atoms with Gasteiger partial charge in [0.1, 0.15) is 0 Å². The summed E-state index contributed by atoms with van der Waals surface area (Å²) in [5, 5.41) is 5.23. The van der Waals surface area contributed by atoms with Crippen LogP contribution in [0, 0.1) is 5.92 Å². The lowest BCUT2D eigenvalue weighted by molar-refractivity contribution is -0.142. The van der Waals surface area contributed by atoms with Crippen LogP contribution in [0.4, 0.5) is 4.79 Å². The number of carbonyl (C=O) groups excluding carboxylic acids is 2. The molecule has 18 heavy (non-hydrogen) atoms. The highest BCUT2D eigenvalue weighted by Gasteiger charge is 2.11. The number of hydrogen-bond donors (Lipinski definition) is 2. The molecule has 0 saturated heterocycles. The van der Waals surface area contributed by atoms with Crippen molar-refractivity contribution in [2.24, 2.45) is 5.92 Å². The van der Waals surface area contributed by atoms with Gasteiger partial charge in [0.25, 0.3) is 0 Å². The summed E-state index contributed by atoms with van der Waals surface area (Å²) in [6.07, 6.45) is 8.91. The Kier molecular flexibility index (Phi) is 6.91. The van der Waals surface area contributed by atoms with Crippen LogP contribution in [0.3, 0.4) is 0 Å². The van der Waals surface area contributed by atoms with Crippen LogP contribution in [0.1, 0.15) is 39.0 Å². The summed E-state index contributed by atoms with van der Waals surface area (Å²) in [5.74, 6) is 0.309. The molecule has 0 aromatic heterocycles. The predicted octanol–water partition coefficient (Wildman–Crippen LogP) is 1.94. The molecule has 0 spiro atoms. The molecule has 5 heteroatoms. The lowest BCUT2D eigenvalue weighted by atomic mass is 10.1. The number of esters is 1. The third-order valence-electron chi connectivity index (χ3n) is 2.90. The van der Waals surface area contributed by atoms with E-state index in [1.165, 1.54) is 25.7 Å². The fraction of sp³-hybridized carbons (Fsp3) is 0.692. The third-order valence-corrected chi connectivity index (χ3v) is 2.90. The average Bonchev–Trinajstić information content (AvgIpc) is 2.82. The van der Waals surface area contributed by atoms with Crippen LogP contribution in [0.15, 0.2) is 12.3 Å². The number of carbonyl (C=O) groups is 2. The Hall–Kier alpha value is -1.52. The first-order chi connectivity index (χ1) is 8.72. The van der Waals surface area contributed by atoms with E-state index in [2.05, 4.69) is 10.6 Å². The Morgan fingerprint density at radius 2 is 2.06 bits per heavy atom. The van der Waals surface area contributed by atoms with Crippen molar-refractivity contribution in [3.05, 3.63) is 12.3 Å². The Bertz CT molecular complexity index is 297. The molecular formula is C13H22N2O3. The van der Waals surface area contributed by atoms with Crippen molar-refractivity contribution >= 4 is 12.0 Å². The van der Waals surface area contributed by atoms with Crippen molar-refractivity contribution in [1.82, 2.24) is 10.6 Å². The Morgan fingerprint density at radius 1 is 1.33 bits per heavy atom. The highest BCUT2D eigenvalue weighted by Crippen LogP contribution is 2.25. The third kappa shape index (κ3) is 6.27. The molecule has 2 N–H and O–H groups in total. The maximum Gasteiger partial charge on any atom is 0.318 e. The van der Waals surface area contributed by atoms with Gasteiger partial charge in [-0.05, 0) is 25.7 Å². The fourth-order valence-corrected chi connectivity index (χ4v) is 1.97. The van der Waals surface area contributed by atoms with E-state index in [-0.39, 0.29) is 18.4 Å². The molecule has 1 aliphatic rings. The molecule has 1 saturated carbocycles. The zero-order chi connectivity index (χ0) is 13.2. The summed E-state index contributed by atoms with van der Waals surface area (Å²) in [6.45, 7) is 2.42. The number of rotatable bonds is 6. The number of amides is 2. The minimum Gasteiger partial charge on any atom is -0.466 e. The molecule has 1 rings (SSSR count). The second-order valence-electron chi connectivity index (χ2n) is 4.36. The van der Waals surface area contributed by atoms with Crippen LogP contribution in [-0.2, 0) is 9.53 Å². The zero-order valence-electron chi connectivity index (χ0n) is 10.9. The smallest absolute Gasteiger partial charge is 0.318 e. The second kappa shape index (κ2) is 8.55. The van der Waals surface area contributed by atoms with Gasteiger partial charge in [-0.1, -0.05) is 18.9 Å². The highest BCUT2D eigenvalue weighted by molar-refractivity contribution is 5.76. The maximum absolute atomic E-state index is 11.3. The van der Waals surface area contributed by atoms with Gasteiger partial charge in [0.05, 0.1) is 13.0 Å². The van der Waals surface area contributed by atoms with Gasteiger partial charge in [-0.3, -0.25) is 4.79 Å². The SMILES string of the molecule is CCOC(=O)CCNC(=O)N/C=C/C1CCCC1. The monoisotopic (exact) mass is 254 g/mol. The van der Waals surface area contributed by atoms with E-state index in [0.717, 1.165) is 0 Å². The molecule has 0 aliphatic heterocycles. The first kappa shape index (κ1) is 14.5. The minimum atomic E-state index is -0.292. The van der Waals surface area contributed by atoms with E-state index in [4.69, 9.17) is 4.74 Å².